The maximum atomic E-state index is 12.5. The molecule has 1 aliphatic rings. The van der Waals surface area contributed by atoms with Crippen molar-refractivity contribution in [1.82, 2.24) is 20.3 Å². The molecule has 2 amide bonds. The largest absolute Gasteiger partial charge is 0.507 e. The van der Waals surface area contributed by atoms with Gasteiger partial charge in [0.25, 0.3) is 5.91 Å². The van der Waals surface area contributed by atoms with E-state index in [1.165, 1.54) is 23.0 Å². The van der Waals surface area contributed by atoms with Crippen molar-refractivity contribution in [2.45, 2.75) is 38.6 Å². The number of nitrogens with zero attached hydrogens (tertiary/aromatic N) is 3. The maximum absolute atomic E-state index is 12.5. The Hall–Kier alpha value is -3.62. The standard InChI is InChI=1S/C20H21N5O4/c1-11(2)22-20(28)25-16(12-3-4-12)10-15(24-25)14-6-5-13(9-17(14)26)23-19(27)18-7-8-21-29-18/h5-12,26H,3-4H2,1-2H3,(H,22,28)(H,23,27). The van der Waals surface area contributed by atoms with E-state index >= 15 is 0 Å². The van der Waals surface area contributed by atoms with Crippen molar-refractivity contribution < 1.29 is 19.2 Å². The molecule has 3 N–H and O–H groups in total. The summed E-state index contributed by atoms with van der Waals surface area (Å²) in [6.07, 6.45) is 3.40. The van der Waals surface area contributed by atoms with Crippen molar-refractivity contribution in [2.75, 3.05) is 5.32 Å². The fourth-order valence-electron chi connectivity index (χ4n) is 3.02. The van der Waals surface area contributed by atoms with Crippen LogP contribution in [0, 0.1) is 0 Å². The molecule has 0 saturated heterocycles. The molecule has 9 nitrogen and oxygen atoms in total. The van der Waals surface area contributed by atoms with E-state index in [2.05, 4.69) is 20.9 Å². The molecule has 2 heterocycles. The van der Waals surface area contributed by atoms with Crippen molar-refractivity contribution in [3.05, 3.63) is 48.0 Å². The first-order chi connectivity index (χ1) is 13.9. The number of benzene rings is 1. The van der Waals surface area contributed by atoms with Gasteiger partial charge in [-0.05, 0) is 44.9 Å². The molecule has 0 spiro atoms. The van der Waals surface area contributed by atoms with Crippen LogP contribution < -0.4 is 10.6 Å². The lowest BCUT2D eigenvalue weighted by Gasteiger charge is -2.10. The Bertz CT molecular complexity index is 1050. The molecule has 1 fully saturated rings. The minimum Gasteiger partial charge on any atom is -0.507 e. The maximum Gasteiger partial charge on any atom is 0.342 e. The minimum absolute atomic E-state index is 0.0112. The number of aromatic nitrogens is 3. The number of phenols is 1. The van der Waals surface area contributed by atoms with Crippen LogP contribution in [-0.4, -0.2) is 38.0 Å². The van der Waals surface area contributed by atoms with Gasteiger partial charge in [0, 0.05) is 35.3 Å². The number of hydrogen-bond acceptors (Lipinski definition) is 6. The van der Waals surface area contributed by atoms with Gasteiger partial charge in [-0.2, -0.15) is 9.78 Å². The summed E-state index contributed by atoms with van der Waals surface area (Å²) in [5.41, 5.74) is 2.20. The van der Waals surface area contributed by atoms with Crippen molar-refractivity contribution in [1.29, 1.82) is 0 Å². The van der Waals surface area contributed by atoms with Crippen molar-refractivity contribution >= 4 is 17.6 Å². The van der Waals surface area contributed by atoms with Crippen LogP contribution >= 0.6 is 0 Å². The first-order valence-corrected chi connectivity index (χ1v) is 9.38. The summed E-state index contributed by atoms with van der Waals surface area (Å²) in [5.74, 6) is -0.161. The molecule has 0 aliphatic heterocycles. The van der Waals surface area contributed by atoms with Gasteiger partial charge in [-0.15, -0.1) is 0 Å². The zero-order valence-corrected chi connectivity index (χ0v) is 16.0. The molecular formula is C20H21N5O4. The monoisotopic (exact) mass is 395 g/mol. The molecule has 1 aliphatic carbocycles. The Kier molecular flexibility index (Phi) is 4.79. The van der Waals surface area contributed by atoms with Gasteiger partial charge >= 0.3 is 6.03 Å². The van der Waals surface area contributed by atoms with Gasteiger partial charge in [-0.1, -0.05) is 5.16 Å². The quantitative estimate of drug-likeness (QED) is 0.609. The number of carbonyl (C=O) groups excluding carboxylic acids is 2. The van der Waals surface area contributed by atoms with E-state index in [1.807, 2.05) is 19.9 Å². The van der Waals surface area contributed by atoms with Crippen LogP contribution in [0.15, 0.2) is 41.1 Å². The van der Waals surface area contributed by atoms with Gasteiger partial charge in [-0.25, -0.2) is 4.79 Å². The predicted octanol–water partition coefficient (Wildman–Crippen LogP) is 3.34. The molecule has 1 saturated carbocycles. The third kappa shape index (κ3) is 3.98. The van der Waals surface area contributed by atoms with Gasteiger partial charge in [0.1, 0.15) is 5.75 Å². The van der Waals surface area contributed by atoms with Gasteiger partial charge in [0.2, 0.25) is 5.76 Å². The average molecular weight is 395 g/mol. The van der Waals surface area contributed by atoms with Crippen molar-refractivity contribution in [2.24, 2.45) is 0 Å². The second kappa shape index (κ2) is 7.42. The van der Waals surface area contributed by atoms with Gasteiger partial charge < -0.3 is 20.3 Å². The number of amides is 2. The van der Waals surface area contributed by atoms with Crippen LogP contribution in [0.4, 0.5) is 10.5 Å². The molecule has 29 heavy (non-hydrogen) atoms. The second-order valence-electron chi connectivity index (χ2n) is 7.31. The van der Waals surface area contributed by atoms with Crippen LogP contribution in [-0.2, 0) is 0 Å². The minimum atomic E-state index is -0.472. The Labute approximate surface area is 166 Å². The fraction of sp³-hybridized carbons (Fsp3) is 0.300. The molecule has 0 unspecified atom stereocenters. The van der Waals surface area contributed by atoms with Crippen LogP contribution in [0.3, 0.4) is 0 Å². The Morgan fingerprint density at radius 2 is 2.03 bits per heavy atom. The fourth-order valence-corrected chi connectivity index (χ4v) is 3.02. The number of carbonyl (C=O) groups is 2. The average Bonchev–Trinajstić information content (AvgIpc) is 3.18. The lowest BCUT2D eigenvalue weighted by Crippen LogP contribution is -2.35. The lowest BCUT2D eigenvalue weighted by atomic mass is 10.1. The van der Waals surface area contributed by atoms with E-state index < -0.39 is 5.91 Å². The zero-order chi connectivity index (χ0) is 20.5. The molecule has 0 bridgehead atoms. The first-order valence-electron chi connectivity index (χ1n) is 9.38. The van der Waals surface area contributed by atoms with Crippen molar-refractivity contribution in [3.8, 4) is 17.0 Å². The van der Waals surface area contributed by atoms with Crippen LogP contribution in [0.5, 0.6) is 5.75 Å². The molecule has 150 valence electrons. The van der Waals surface area contributed by atoms with E-state index in [0.717, 1.165) is 18.5 Å². The lowest BCUT2D eigenvalue weighted by molar-refractivity contribution is 0.0988. The van der Waals surface area contributed by atoms with Crippen LogP contribution in [0.2, 0.25) is 0 Å². The summed E-state index contributed by atoms with van der Waals surface area (Å²) in [5, 5.41) is 23.9. The van der Waals surface area contributed by atoms with E-state index in [4.69, 9.17) is 4.52 Å². The summed E-state index contributed by atoms with van der Waals surface area (Å²) in [7, 11) is 0. The molecule has 0 radical (unpaired) electrons. The SMILES string of the molecule is CC(C)NC(=O)n1nc(-c2ccc(NC(=O)c3ccno3)cc2O)cc1C1CC1. The van der Waals surface area contributed by atoms with Gasteiger partial charge in [0.15, 0.2) is 0 Å². The number of rotatable bonds is 5. The predicted molar refractivity (Wildman–Crippen MR) is 105 cm³/mol. The third-order valence-corrected chi connectivity index (χ3v) is 4.53. The van der Waals surface area contributed by atoms with E-state index in [1.54, 1.807) is 12.1 Å². The normalized spacial score (nSPS) is 13.5. The zero-order valence-electron chi connectivity index (χ0n) is 16.0. The number of phenolic OH excluding ortho intramolecular Hbond substituents is 1. The van der Waals surface area contributed by atoms with Crippen molar-refractivity contribution in [3.63, 3.8) is 0 Å². The molecule has 2 aromatic heterocycles. The Balaban J connectivity index is 1.60. The summed E-state index contributed by atoms with van der Waals surface area (Å²) < 4.78 is 6.19. The molecule has 1 aromatic carbocycles. The number of aromatic hydroxyl groups is 1. The highest BCUT2D eigenvalue weighted by Gasteiger charge is 2.31. The molecule has 3 aromatic rings. The number of anilines is 1. The molecule has 0 atom stereocenters. The molecular weight excluding hydrogens is 374 g/mol. The van der Waals surface area contributed by atoms with Crippen LogP contribution in [0.25, 0.3) is 11.3 Å². The molecule has 9 heteroatoms. The highest BCUT2D eigenvalue weighted by molar-refractivity contribution is 6.02. The smallest absolute Gasteiger partial charge is 0.342 e. The number of nitrogens with one attached hydrogen (secondary N) is 2. The highest BCUT2D eigenvalue weighted by atomic mass is 16.5. The highest BCUT2D eigenvalue weighted by Crippen LogP contribution is 2.42. The summed E-state index contributed by atoms with van der Waals surface area (Å²) in [4.78, 5) is 24.5. The topological polar surface area (TPSA) is 122 Å². The van der Waals surface area contributed by atoms with E-state index in [-0.39, 0.29) is 23.6 Å². The van der Waals surface area contributed by atoms with E-state index in [0.29, 0.717) is 22.9 Å². The second-order valence-corrected chi connectivity index (χ2v) is 7.31. The summed E-state index contributed by atoms with van der Waals surface area (Å²) >= 11 is 0. The van der Waals surface area contributed by atoms with E-state index in [9.17, 15) is 14.7 Å². The summed E-state index contributed by atoms with van der Waals surface area (Å²) in [6, 6.07) is 7.69. The number of hydrogen-bond donors (Lipinski definition) is 3. The first kappa shape index (κ1) is 18.7. The third-order valence-electron chi connectivity index (χ3n) is 4.53. The molecule has 4 rings (SSSR count). The van der Waals surface area contributed by atoms with Gasteiger partial charge in [0.05, 0.1) is 17.6 Å². The Morgan fingerprint density at radius 3 is 2.66 bits per heavy atom. The van der Waals surface area contributed by atoms with Crippen LogP contribution in [0.1, 0.15) is 48.9 Å². The Morgan fingerprint density at radius 1 is 1.24 bits per heavy atom. The van der Waals surface area contributed by atoms with Gasteiger partial charge in [-0.3, -0.25) is 4.79 Å². The summed E-state index contributed by atoms with van der Waals surface area (Å²) in [6.45, 7) is 3.77.